The van der Waals surface area contributed by atoms with Crippen molar-refractivity contribution in [1.82, 2.24) is 19.9 Å². The topological polar surface area (TPSA) is 73.1 Å². The molecule has 0 bridgehead atoms. The van der Waals surface area contributed by atoms with E-state index in [1.54, 1.807) is 14.2 Å². The largest absolute Gasteiger partial charge is 0.497 e. The van der Waals surface area contributed by atoms with Crippen molar-refractivity contribution in [2.24, 2.45) is 0 Å². The molecule has 3 aromatic rings. The molecule has 0 amide bonds. The van der Waals surface area contributed by atoms with Crippen molar-refractivity contribution in [3.63, 3.8) is 0 Å². The second-order valence-electron chi connectivity index (χ2n) is 7.70. The molecule has 0 unspecified atom stereocenters. The van der Waals surface area contributed by atoms with Gasteiger partial charge in [-0.15, -0.1) is 0 Å². The zero-order valence-electron chi connectivity index (χ0n) is 18.9. The van der Waals surface area contributed by atoms with E-state index >= 15 is 0 Å². The third-order valence-electron chi connectivity index (χ3n) is 5.60. The van der Waals surface area contributed by atoms with Crippen molar-refractivity contribution < 1.29 is 18.7 Å². The number of nitrogens with zero attached hydrogens (tertiary/aromatic N) is 4. The van der Waals surface area contributed by atoms with Gasteiger partial charge in [0.15, 0.2) is 0 Å². The molecule has 1 aromatic heterocycles. The average molecular weight is 439 g/mol. The van der Waals surface area contributed by atoms with E-state index in [4.69, 9.17) is 18.7 Å². The Hall–Kier alpha value is -3.10. The van der Waals surface area contributed by atoms with Gasteiger partial charge < -0.3 is 18.7 Å². The first-order valence-corrected chi connectivity index (χ1v) is 10.9. The maximum atomic E-state index is 5.52. The fraction of sp³-hybridized carbons (Fsp3) is 0.417. The summed E-state index contributed by atoms with van der Waals surface area (Å²) in [5, 5.41) is 4.14. The lowest BCUT2D eigenvalue weighted by molar-refractivity contribution is 0.111. The monoisotopic (exact) mass is 438 g/mol. The van der Waals surface area contributed by atoms with Crippen molar-refractivity contribution in [2.75, 3.05) is 47.0 Å². The van der Waals surface area contributed by atoms with Crippen molar-refractivity contribution in [3.05, 3.63) is 53.9 Å². The number of benzene rings is 2. The van der Waals surface area contributed by atoms with Crippen molar-refractivity contribution in [2.45, 2.75) is 20.0 Å². The van der Waals surface area contributed by atoms with E-state index in [9.17, 15) is 0 Å². The van der Waals surface area contributed by atoms with Crippen LogP contribution in [0.15, 0.2) is 47.0 Å². The fourth-order valence-corrected chi connectivity index (χ4v) is 3.85. The van der Waals surface area contributed by atoms with Crippen LogP contribution in [0, 0.1) is 0 Å². The zero-order valence-corrected chi connectivity index (χ0v) is 18.9. The Kier molecular flexibility index (Phi) is 7.24. The lowest BCUT2D eigenvalue weighted by Crippen LogP contribution is -2.45. The van der Waals surface area contributed by atoms with Crippen LogP contribution >= 0.6 is 0 Å². The number of methoxy groups -OCH3 is 2. The van der Waals surface area contributed by atoms with Crippen molar-refractivity contribution >= 4 is 0 Å². The maximum Gasteiger partial charge on any atom is 0.241 e. The molecular formula is C24H30N4O4. The molecule has 170 valence electrons. The Morgan fingerprint density at radius 2 is 1.56 bits per heavy atom. The molecule has 1 aliphatic heterocycles. The highest BCUT2D eigenvalue weighted by molar-refractivity contribution is 5.55. The molecule has 8 heteroatoms. The maximum absolute atomic E-state index is 5.52. The zero-order chi connectivity index (χ0) is 22.3. The van der Waals surface area contributed by atoms with Crippen molar-refractivity contribution in [1.29, 1.82) is 0 Å². The van der Waals surface area contributed by atoms with Crippen LogP contribution in [-0.2, 0) is 13.1 Å². The lowest BCUT2D eigenvalue weighted by Gasteiger charge is -2.34. The molecular weight excluding hydrogens is 408 g/mol. The van der Waals surface area contributed by atoms with Gasteiger partial charge in [0.2, 0.25) is 11.7 Å². The third kappa shape index (κ3) is 5.38. The summed E-state index contributed by atoms with van der Waals surface area (Å²) < 4.78 is 21.9. The van der Waals surface area contributed by atoms with E-state index < -0.39 is 0 Å². The van der Waals surface area contributed by atoms with E-state index in [2.05, 4.69) is 19.9 Å². The standard InChI is InChI=1S/C24H30N4O4/c1-4-31-20-7-5-18(6-8-20)24-25-23(32-26-24)17-28-13-11-27(12-14-28)16-19-15-21(29-2)9-10-22(19)30-3/h5-10,15H,4,11-14,16-17H2,1-3H3. The van der Waals surface area contributed by atoms with Gasteiger partial charge in [0.25, 0.3) is 0 Å². The van der Waals surface area contributed by atoms with E-state index in [1.807, 2.05) is 49.4 Å². The summed E-state index contributed by atoms with van der Waals surface area (Å²) in [4.78, 5) is 9.34. The average Bonchev–Trinajstić information content (AvgIpc) is 3.29. The van der Waals surface area contributed by atoms with Crippen LogP contribution in [0.1, 0.15) is 18.4 Å². The molecule has 0 N–H and O–H groups in total. The second-order valence-corrected chi connectivity index (χ2v) is 7.70. The molecule has 8 nitrogen and oxygen atoms in total. The molecule has 2 heterocycles. The van der Waals surface area contributed by atoms with Crippen LogP contribution in [0.5, 0.6) is 17.2 Å². The quantitative estimate of drug-likeness (QED) is 0.503. The minimum atomic E-state index is 0.604. The van der Waals surface area contributed by atoms with Gasteiger partial charge in [0.05, 0.1) is 27.4 Å². The van der Waals surface area contributed by atoms with Gasteiger partial charge in [-0.3, -0.25) is 9.80 Å². The Balaban J connectivity index is 1.30. The molecule has 1 fully saturated rings. The number of ether oxygens (including phenoxy) is 3. The molecule has 0 saturated carbocycles. The summed E-state index contributed by atoms with van der Waals surface area (Å²) in [6.07, 6.45) is 0. The smallest absolute Gasteiger partial charge is 0.241 e. The predicted molar refractivity (Wildman–Crippen MR) is 121 cm³/mol. The number of aromatic nitrogens is 2. The summed E-state index contributed by atoms with van der Waals surface area (Å²) in [5.41, 5.74) is 2.05. The minimum absolute atomic E-state index is 0.604. The first kappa shape index (κ1) is 22.1. The minimum Gasteiger partial charge on any atom is -0.497 e. The van der Waals surface area contributed by atoms with Crippen LogP contribution in [0.3, 0.4) is 0 Å². The van der Waals surface area contributed by atoms with E-state index in [1.165, 1.54) is 0 Å². The van der Waals surface area contributed by atoms with Gasteiger partial charge >= 0.3 is 0 Å². The van der Waals surface area contributed by atoms with Crippen LogP contribution in [-0.4, -0.2) is 66.9 Å². The number of piperazine rings is 1. The summed E-state index contributed by atoms with van der Waals surface area (Å²) in [6, 6.07) is 13.7. The molecule has 0 atom stereocenters. The van der Waals surface area contributed by atoms with Crippen LogP contribution in [0.2, 0.25) is 0 Å². The molecule has 1 aliphatic rings. The predicted octanol–water partition coefficient (Wildman–Crippen LogP) is 3.47. The molecule has 0 spiro atoms. The summed E-state index contributed by atoms with van der Waals surface area (Å²) >= 11 is 0. The molecule has 32 heavy (non-hydrogen) atoms. The Morgan fingerprint density at radius 1 is 0.875 bits per heavy atom. The Labute approximate surface area is 188 Å². The summed E-state index contributed by atoms with van der Waals surface area (Å²) in [7, 11) is 3.39. The van der Waals surface area contributed by atoms with Crippen molar-refractivity contribution in [3.8, 4) is 28.6 Å². The first-order chi connectivity index (χ1) is 15.7. The summed E-state index contributed by atoms with van der Waals surface area (Å²) in [5.74, 6) is 3.81. The first-order valence-electron chi connectivity index (χ1n) is 10.9. The Morgan fingerprint density at radius 3 is 2.22 bits per heavy atom. The third-order valence-corrected chi connectivity index (χ3v) is 5.60. The number of rotatable bonds is 9. The second kappa shape index (κ2) is 10.5. The fourth-order valence-electron chi connectivity index (χ4n) is 3.85. The normalized spacial score (nSPS) is 15.0. The van der Waals surface area contributed by atoms with Crippen LogP contribution in [0.4, 0.5) is 0 Å². The van der Waals surface area contributed by atoms with Gasteiger partial charge in [-0.05, 0) is 49.4 Å². The highest BCUT2D eigenvalue weighted by Gasteiger charge is 2.21. The van der Waals surface area contributed by atoms with Gasteiger partial charge in [0.1, 0.15) is 17.2 Å². The van der Waals surface area contributed by atoms with E-state index in [0.717, 1.165) is 61.1 Å². The van der Waals surface area contributed by atoms with Crippen LogP contribution < -0.4 is 14.2 Å². The van der Waals surface area contributed by atoms with Gasteiger partial charge in [-0.2, -0.15) is 4.98 Å². The number of hydrogen-bond acceptors (Lipinski definition) is 8. The van der Waals surface area contributed by atoms with Gasteiger partial charge in [-0.25, -0.2) is 0 Å². The molecule has 1 saturated heterocycles. The highest BCUT2D eigenvalue weighted by atomic mass is 16.5. The molecule has 4 rings (SSSR count). The number of hydrogen-bond donors (Lipinski definition) is 0. The summed E-state index contributed by atoms with van der Waals surface area (Å²) in [6.45, 7) is 7.89. The van der Waals surface area contributed by atoms with Gasteiger partial charge in [-0.1, -0.05) is 5.16 Å². The molecule has 0 radical (unpaired) electrons. The molecule has 2 aromatic carbocycles. The van der Waals surface area contributed by atoms with E-state index in [-0.39, 0.29) is 0 Å². The van der Waals surface area contributed by atoms with Crippen LogP contribution in [0.25, 0.3) is 11.4 Å². The Bertz CT molecular complexity index is 997. The highest BCUT2D eigenvalue weighted by Crippen LogP contribution is 2.26. The lowest BCUT2D eigenvalue weighted by atomic mass is 10.1. The SMILES string of the molecule is CCOc1ccc(-c2noc(CN3CCN(Cc4cc(OC)ccc4OC)CC3)n2)cc1. The van der Waals surface area contributed by atoms with Gasteiger partial charge in [0, 0.05) is 43.9 Å². The van der Waals surface area contributed by atoms with E-state index in [0.29, 0.717) is 24.9 Å². The molecule has 0 aliphatic carbocycles.